The van der Waals surface area contributed by atoms with E-state index in [1.54, 1.807) is 11.2 Å². The molecule has 2 aliphatic heterocycles. The van der Waals surface area contributed by atoms with E-state index in [4.69, 9.17) is 9.15 Å². The van der Waals surface area contributed by atoms with E-state index in [-0.39, 0.29) is 5.91 Å². The molecule has 3 rings (SSSR count). The summed E-state index contributed by atoms with van der Waals surface area (Å²) in [5, 5.41) is 10.9. The fourth-order valence-corrected chi connectivity index (χ4v) is 3.43. The van der Waals surface area contributed by atoms with E-state index >= 15 is 0 Å². The lowest BCUT2D eigenvalue weighted by atomic mass is 10.0. The van der Waals surface area contributed by atoms with Gasteiger partial charge in [0.05, 0.1) is 26.0 Å². The molecule has 0 saturated carbocycles. The summed E-state index contributed by atoms with van der Waals surface area (Å²) >= 11 is 0. The van der Waals surface area contributed by atoms with Crippen LogP contribution in [0.3, 0.4) is 0 Å². The molecule has 1 N–H and O–H groups in total. The van der Waals surface area contributed by atoms with Crippen LogP contribution in [0.1, 0.15) is 25.0 Å². The highest BCUT2D eigenvalue weighted by molar-refractivity contribution is 5.76. The molecule has 2 saturated heterocycles. The van der Waals surface area contributed by atoms with Crippen LogP contribution in [0.2, 0.25) is 0 Å². The van der Waals surface area contributed by atoms with E-state index in [2.05, 4.69) is 4.90 Å². The van der Waals surface area contributed by atoms with Gasteiger partial charge in [-0.2, -0.15) is 0 Å². The number of aryl methyl sites for hydroxylation is 1. The fourth-order valence-electron chi connectivity index (χ4n) is 3.43. The second-order valence-corrected chi connectivity index (χ2v) is 6.65. The molecule has 0 aromatic carbocycles. The smallest absolute Gasteiger partial charge is 0.223 e. The van der Waals surface area contributed by atoms with Crippen LogP contribution in [0, 0.1) is 0 Å². The fraction of sp³-hybridized carbons (Fsp3) is 0.706. The Balaban J connectivity index is 1.56. The third kappa shape index (κ3) is 4.56. The quantitative estimate of drug-likeness (QED) is 0.872. The maximum Gasteiger partial charge on any atom is 0.223 e. The number of nitrogens with zero attached hydrogens (tertiary/aromatic N) is 2. The van der Waals surface area contributed by atoms with Gasteiger partial charge < -0.3 is 24.1 Å². The number of β-amino-alcohol motifs (C(OH)–C–C–N with tert-alkyl or cyclic N) is 1. The lowest BCUT2D eigenvalue weighted by Crippen LogP contribution is -2.53. The Morgan fingerprint density at radius 2 is 2.13 bits per heavy atom. The Labute approximate surface area is 137 Å². The molecule has 1 atom stereocenters. The van der Waals surface area contributed by atoms with E-state index in [1.165, 1.54) is 12.8 Å². The van der Waals surface area contributed by atoms with Gasteiger partial charge in [0, 0.05) is 25.9 Å². The first kappa shape index (κ1) is 16.5. The molecular weight excluding hydrogens is 296 g/mol. The molecule has 0 bridgehead atoms. The van der Waals surface area contributed by atoms with Gasteiger partial charge in [0.1, 0.15) is 11.4 Å². The first-order chi connectivity index (χ1) is 11.1. The molecule has 0 aliphatic carbocycles. The monoisotopic (exact) mass is 322 g/mol. The minimum absolute atomic E-state index is 0.0479. The van der Waals surface area contributed by atoms with Crippen LogP contribution in [0.4, 0.5) is 0 Å². The number of ether oxygens (including phenoxy) is 1. The first-order valence-electron chi connectivity index (χ1n) is 8.47. The Morgan fingerprint density at radius 3 is 2.87 bits per heavy atom. The number of furan rings is 1. The van der Waals surface area contributed by atoms with Crippen molar-refractivity contribution in [2.75, 3.05) is 45.9 Å². The Hall–Kier alpha value is -1.37. The topological polar surface area (TPSA) is 66.2 Å². The Morgan fingerprint density at radius 1 is 1.30 bits per heavy atom. The molecule has 23 heavy (non-hydrogen) atoms. The molecule has 2 aliphatic rings. The summed E-state index contributed by atoms with van der Waals surface area (Å²) in [5.41, 5.74) is -0.971. The highest BCUT2D eigenvalue weighted by atomic mass is 16.5. The zero-order chi connectivity index (χ0) is 16.1. The molecule has 3 heterocycles. The lowest BCUT2D eigenvalue weighted by Gasteiger charge is -2.34. The van der Waals surface area contributed by atoms with Crippen molar-refractivity contribution in [2.24, 2.45) is 0 Å². The normalized spacial score (nSPS) is 26.4. The van der Waals surface area contributed by atoms with Gasteiger partial charge in [-0.1, -0.05) is 0 Å². The third-order valence-electron chi connectivity index (χ3n) is 4.60. The summed E-state index contributed by atoms with van der Waals surface area (Å²) in [6, 6.07) is 3.71. The number of likely N-dealkylation sites (tertiary alicyclic amines) is 1. The van der Waals surface area contributed by atoms with E-state index in [0.29, 0.717) is 45.7 Å². The average molecular weight is 322 g/mol. The zero-order valence-corrected chi connectivity index (χ0v) is 13.6. The molecule has 6 nitrogen and oxygen atoms in total. The Kier molecular flexibility index (Phi) is 5.35. The Bertz CT molecular complexity index is 499. The zero-order valence-electron chi connectivity index (χ0n) is 13.6. The molecule has 0 spiro atoms. The van der Waals surface area contributed by atoms with Crippen molar-refractivity contribution in [1.82, 2.24) is 9.80 Å². The number of carbonyl (C=O) groups is 1. The molecule has 128 valence electrons. The summed E-state index contributed by atoms with van der Waals surface area (Å²) in [5.74, 6) is 0.864. The second kappa shape index (κ2) is 7.47. The third-order valence-corrected chi connectivity index (χ3v) is 4.60. The van der Waals surface area contributed by atoms with Crippen molar-refractivity contribution in [3.63, 3.8) is 0 Å². The van der Waals surface area contributed by atoms with Crippen molar-refractivity contribution in [3.8, 4) is 0 Å². The molecule has 1 amide bonds. The number of aliphatic hydroxyl groups is 1. The van der Waals surface area contributed by atoms with Crippen LogP contribution in [0.15, 0.2) is 22.8 Å². The molecular formula is C17H26N2O4. The lowest BCUT2D eigenvalue weighted by molar-refractivity contribution is -0.134. The molecule has 0 radical (unpaired) electrons. The second-order valence-electron chi connectivity index (χ2n) is 6.65. The summed E-state index contributed by atoms with van der Waals surface area (Å²) in [7, 11) is 0. The van der Waals surface area contributed by atoms with Crippen LogP contribution in [0.5, 0.6) is 0 Å². The van der Waals surface area contributed by atoms with Gasteiger partial charge >= 0.3 is 0 Å². The highest BCUT2D eigenvalue weighted by Crippen LogP contribution is 2.18. The van der Waals surface area contributed by atoms with Crippen molar-refractivity contribution in [1.29, 1.82) is 0 Å². The summed E-state index contributed by atoms with van der Waals surface area (Å²) in [4.78, 5) is 16.5. The van der Waals surface area contributed by atoms with Crippen LogP contribution in [-0.4, -0.2) is 72.4 Å². The molecule has 2 fully saturated rings. The number of carbonyl (C=O) groups excluding carboxylic acids is 1. The van der Waals surface area contributed by atoms with Crippen molar-refractivity contribution in [2.45, 2.75) is 31.3 Å². The summed E-state index contributed by atoms with van der Waals surface area (Å²) < 4.78 is 10.8. The molecule has 1 aromatic heterocycles. The van der Waals surface area contributed by atoms with Crippen LogP contribution in [0.25, 0.3) is 0 Å². The van der Waals surface area contributed by atoms with E-state index < -0.39 is 5.60 Å². The maximum atomic E-state index is 12.5. The molecule has 0 unspecified atom stereocenters. The van der Waals surface area contributed by atoms with Crippen molar-refractivity contribution < 1.29 is 19.1 Å². The van der Waals surface area contributed by atoms with Gasteiger partial charge in [-0.15, -0.1) is 0 Å². The van der Waals surface area contributed by atoms with Gasteiger partial charge in [-0.05, 0) is 38.1 Å². The minimum atomic E-state index is -0.971. The number of hydrogen-bond acceptors (Lipinski definition) is 5. The number of hydrogen-bond donors (Lipinski definition) is 1. The van der Waals surface area contributed by atoms with Gasteiger partial charge in [0.2, 0.25) is 5.91 Å². The van der Waals surface area contributed by atoms with E-state index in [0.717, 1.165) is 18.8 Å². The number of amides is 1. The van der Waals surface area contributed by atoms with Crippen molar-refractivity contribution in [3.05, 3.63) is 24.2 Å². The largest absolute Gasteiger partial charge is 0.469 e. The predicted molar refractivity (Wildman–Crippen MR) is 85.1 cm³/mol. The number of rotatable bonds is 5. The van der Waals surface area contributed by atoms with Crippen LogP contribution >= 0.6 is 0 Å². The van der Waals surface area contributed by atoms with Crippen LogP contribution in [-0.2, 0) is 16.0 Å². The summed E-state index contributed by atoms with van der Waals surface area (Å²) in [6.45, 7) is 4.29. The standard InChI is InChI=1S/C17H26N2O4/c20-16(6-5-15-4-3-10-23-15)19-9-11-22-14-17(21,13-19)12-18-7-1-2-8-18/h3-4,10,21H,1-2,5-9,11-14H2/t17-/m0/s1. The van der Waals surface area contributed by atoms with Gasteiger partial charge in [0.15, 0.2) is 0 Å². The van der Waals surface area contributed by atoms with Crippen LogP contribution < -0.4 is 0 Å². The van der Waals surface area contributed by atoms with Gasteiger partial charge in [0.25, 0.3) is 0 Å². The molecule has 1 aromatic rings. The minimum Gasteiger partial charge on any atom is -0.469 e. The van der Waals surface area contributed by atoms with Gasteiger partial charge in [-0.3, -0.25) is 4.79 Å². The van der Waals surface area contributed by atoms with E-state index in [9.17, 15) is 9.90 Å². The first-order valence-corrected chi connectivity index (χ1v) is 8.47. The predicted octanol–water partition coefficient (Wildman–Crippen LogP) is 0.898. The highest BCUT2D eigenvalue weighted by Gasteiger charge is 2.36. The molecule has 6 heteroatoms. The van der Waals surface area contributed by atoms with Gasteiger partial charge in [-0.25, -0.2) is 0 Å². The average Bonchev–Trinajstić information content (AvgIpc) is 3.18. The van der Waals surface area contributed by atoms with Crippen molar-refractivity contribution >= 4 is 5.91 Å². The maximum absolute atomic E-state index is 12.5. The SMILES string of the molecule is O=C(CCc1ccco1)N1CCOC[C@](O)(CN2CCCC2)C1. The summed E-state index contributed by atoms with van der Waals surface area (Å²) in [6.07, 6.45) is 4.97. The van der Waals surface area contributed by atoms with E-state index in [1.807, 2.05) is 12.1 Å².